The molecule has 0 radical (unpaired) electrons. The molecule has 5 rings (SSSR count). The number of benzene rings is 1. The van der Waals surface area contributed by atoms with Crippen LogP contribution < -0.4 is 15.0 Å². The Balaban J connectivity index is 1.42. The Morgan fingerprint density at radius 2 is 2.03 bits per heavy atom. The van der Waals surface area contributed by atoms with Crippen LogP contribution in [0.15, 0.2) is 41.4 Å². The van der Waals surface area contributed by atoms with Crippen LogP contribution in [-0.2, 0) is 6.54 Å². The van der Waals surface area contributed by atoms with Crippen LogP contribution in [0.1, 0.15) is 28.5 Å². The fourth-order valence-electron chi connectivity index (χ4n) is 4.38. The van der Waals surface area contributed by atoms with E-state index in [1.165, 1.54) is 0 Å². The quantitative estimate of drug-likeness (QED) is 0.684. The summed E-state index contributed by atoms with van der Waals surface area (Å²) >= 11 is 1.95. The predicted molar refractivity (Wildman–Crippen MR) is 133 cm³/mol. The number of anilines is 1. The summed E-state index contributed by atoms with van der Waals surface area (Å²) in [4.78, 5) is 38.1. The predicted octanol–water partition coefficient (Wildman–Crippen LogP) is 2.57. The molecule has 1 aromatic carbocycles. The molecule has 2 aromatic rings. The van der Waals surface area contributed by atoms with Crippen molar-refractivity contribution in [3.05, 3.63) is 53.2 Å². The second-order valence-corrected chi connectivity index (χ2v) is 9.67. The summed E-state index contributed by atoms with van der Waals surface area (Å²) in [6, 6.07) is 10.8. The highest BCUT2D eigenvalue weighted by Crippen LogP contribution is 2.29. The van der Waals surface area contributed by atoms with Crippen LogP contribution in [0.3, 0.4) is 0 Å². The maximum absolute atomic E-state index is 13.1. The number of aliphatic imine (C=N–C) groups is 1. The topological polar surface area (TPSA) is 87.1 Å². The van der Waals surface area contributed by atoms with E-state index in [9.17, 15) is 9.59 Å². The van der Waals surface area contributed by atoms with Gasteiger partial charge in [-0.2, -0.15) is 16.8 Å². The van der Waals surface area contributed by atoms with Crippen molar-refractivity contribution in [3.8, 4) is 17.6 Å². The van der Waals surface area contributed by atoms with Crippen LogP contribution in [0.2, 0.25) is 0 Å². The lowest BCUT2D eigenvalue weighted by Gasteiger charge is -2.29. The number of aromatic nitrogens is 1. The number of ether oxygens (including phenoxy) is 1. The van der Waals surface area contributed by atoms with E-state index >= 15 is 0 Å². The zero-order valence-electron chi connectivity index (χ0n) is 19.1. The van der Waals surface area contributed by atoms with Crippen molar-refractivity contribution in [3.63, 3.8) is 0 Å². The van der Waals surface area contributed by atoms with Gasteiger partial charge in [0.15, 0.2) is 5.54 Å². The first-order valence-corrected chi connectivity index (χ1v) is 12.3. The Labute approximate surface area is 202 Å². The number of methoxy groups -OCH3 is 1. The van der Waals surface area contributed by atoms with E-state index in [2.05, 4.69) is 27.0 Å². The molecule has 3 aliphatic rings. The fourth-order valence-corrected chi connectivity index (χ4v) is 5.28. The zero-order chi connectivity index (χ0) is 23.7. The SMILES string of the molecule is COc1ccc2c(c1)C(=O)N(CC1(C#Cc3cccc(N4CCSCC4)n3)NC(=O)N=C1C)C2. The van der Waals surface area contributed by atoms with Crippen LogP contribution in [0.4, 0.5) is 10.6 Å². The molecule has 0 saturated carbocycles. The first kappa shape index (κ1) is 22.3. The van der Waals surface area contributed by atoms with E-state index in [-0.39, 0.29) is 12.5 Å². The first-order valence-electron chi connectivity index (χ1n) is 11.1. The lowest BCUT2D eigenvalue weighted by atomic mass is 9.94. The minimum Gasteiger partial charge on any atom is -0.497 e. The molecule has 34 heavy (non-hydrogen) atoms. The number of hydrogen-bond donors (Lipinski definition) is 1. The zero-order valence-corrected chi connectivity index (χ0v) is 19.9. The number of carbonyl (C=O) groups is 2. The van der Waals surface area contributed by atoms with Gasteiger partial charge in [0.05, 0.1) is 19.4 Å². The van der Waals surface area contributed by atoms with E-state index in [0.29, 0.717) is 29.3 Å². The van der Waals surface area contributed by atoms with Crippen LogP contribution in [0, 0.1) is 11.8 Å². The molecule has 1 fully saturated rings. The molecule has 3 amide bonds. The Kier molecular flexibility index (Phi) is 5.92. The third-order valence-electron chi connectivity index (χ3n) is 6.30. The van der Waals surface area contributed by atoms with Gasteiger partial charge in [0, 0.05) is 36.7 Å². The van der Waals surface area contributed by atoms with E-state index < -0.39 is 11.6 Å². The molecule has 1 atom stereocenters. The van der Waals surface area contributed by atoms with E-state index in [1.54, 1.807) is 25.0 Å². The second kappa shape index (κ2) is 9.03. The summed E-state index contributed by atoms with van der Waals surface area (Å²) in [6.45, 7) is 4.31. The third kappa shape index (κ3) is 4.21. The van der Waals surface area contributed by atoms with Gasteiger partial charge in [-0.1, -0.05) is 18.1 Å². The molecular formula is C25H25N5O3S. The monoisotopic (exact) mass is 475 g/mol. The summed E-state index contributed by atoms with van der Waals surface area (Å²) < 4.78 is 5.27. The van der Waals surface area contributed by atoms with E-state index in [0.717, 1.165) is 36.0 Å². The first-order chi connectivity index (χ1) is 16.5. The van der Waals surface area contributed by atoms with Crippen LogP contribution in [0.5, 0.6) is 5.75 Å². The number of rotatable bonds is 4. The Morgan fingerprint density at radius 1 is 1.21 bits per heavy atom. The van der Waals surface area contributed by atoms with Gasteiger partial charge in [-0.15, -0.1) is 0 Å². The van der Waals surface area contributed by atoms with Gasteiger partial charge < -0.3 is 19.9 Å². The fraction of sp³-hybridized carbons (Fsp3) is 0.360. The smallest absolute Gasteiger partial charge is 0.342 e. The maximum atomic E-state index is 13.1. The summed E-state index contributed by atoms with van der Waals surface area (Å²) in [6.07, 6.45) is 0. The van der Waals surface area contributed by atoms with Crippen molar-refractivity contribution in [2.45, 2.75) is 19.0 Å². The van der Waals surface area contributed by atoms with E-state index in [4.69, 9.17) is 9.72 Å². The lowest BCUT2D eigenvalue weighted by molar-refractivity contribution is 0.0763. The Hall–Kier alpha value is -3.51. The van der Waals surface area contributed by atoms with Crippen LogP contribution in [-0.4, -0.2) is 71.3 Å². The number of hydrogen-bond acceptors (Lipinski definition) is 6. The number of fused-ring (bicyclic) bond motifs is 1. The molecule has 1 unspecified atom stereocenters. The number of thioether (sulfide) groups is 1. The lowest BCUT2D eigenvalue weighted by Crippen LogP contribution is -2.55. The maximum Gasteiger partial charge on any atom is 0.342 e. The van der Waals surface area contributed by atoms with Crippen LogP contribution >= 0.6 is 11.8 Å². The number of carbonyl (C=O) groups excluding carboxylic acids is 2. The number of nitrogens with one attached hydrogen (secondary N) is 1. The van der Waals surface area contributed by atoms with Crippen molar-refractivity contribution >= 4 is 35.2 Å². The molecule has 174 valence electrons. The standard InChI is InChI=1S/C25H25N5O3S/c1-17-25(28-24(32)26-17,16-30-15-18-6-7-20(33-2)14-21(18)23(30)31)9-8-19-4-3-5-22(27-19)29-10-12-34-13-11-29/h3-7,14H,10-13,15-16H2,1-2H3,(H,28,32). The van der Waals surface area contributed by atoms with Crippen molar-refractivity contribution in [2.24, 2.45) is 4.99 Å². The van der Waals surface area contributed by atoms with Crippen molar-refractivity contribution in [2.75, 3.05) is 43.1 Å². The van der Waals surface area contributed by atoms with Gasteiger partial charge in [-0.05, 0) is 42.7 Å². The molecule has 0 spiro atoms. The Bertz CT molecular complexity index is 1240. The molecule has 3 aliphatic heterocycles. The van der Waals surface area contributed by atoms with Gasteiger partial charge >= 0.3 is 6.03 Å². The Morgan fingerprint density at radius 3 is 2.76 bits per heavy atom. The van der Waals surface area contributed by atoms with Gasteiger partial charge in [-0.3, -0.25) is 4.79 Å². The van der Waals surface area contributed by atoms with Gasteiger partial charge in [0.25, 0.3) is 5.91 Å². The minimum atomic E-state index is -1.07. The van der Waals surface area contributed by atoms with Crippen molar-refractivity contribution in [1.29, 1.82) is 0 Å². The van der Waals surface area contributed by atoms with Crippen molar-refractivity contribution < 1.29 is 14.3 Å². The molecule has 0 bridgehead atoms. The molecule has 0 aliphatic carbocycles. The summed E-state index contributed by atoms with van der Waals surface area (Å²) in [5, 5.41) is 2.89. The summed E-state index contributed by atoms with van der Waals surface area (Å²) in [5.74, 6) is 9.93. The normalized spacial score (nSPS) is 21.5. The molecule has 9 heteroatoms. The molecule has 1 aromatic heterocycles. The highest BCUT2D eigenvalue weighted by molar-refractivity contribution is 7.99. The third-order valence-corrected chi connectivity index (χ3v) is 7.25. The second-order valence-electron chi connectivity index (χ2n) is 8.45. The molecule has 4 heterocycles. The molecule has 1 N–H and O–H groups in total. The van der Waals surface area contributed by atoms with Crippen molar-refractivity contribution in [1.82, 2.24) is 15.2 Å². The van der Waals surface area contributed by atoms with Crippen LogP contribution in [0.25, 0.3) is 0 Å². The summed E-state index contributed by atoms with van der Waals surface area (Å²) in [5.41, 5.74) is 1.61. The highest BCUT2D eigenvalue weighted by Gasteiger charge is 2.43. The number of urea groups is 1. The average molecular weight is 476 g/mol. The number of amides is 3. The van der Waals surface area contributed by atoms with Gasteiger partial charge in [0.1, 0.15) is 17.3 Å². The number of nitrogens with zero attached hydrogens (tertiary/aromatic N) is 4. The molecule has 8 nitrogen and oxygen atoms in total. The average Bonchev–Trinajstić information content (AvgIpc) is 3.32. The highest BCUT2D eigenvalue weighted by atomic mass is 32.2. The minimum absolute atomic E-state index is 0.118. The largest absolute Gasteiger partial charge is 0.497 e. The van der Waals surface area contributed by atoms with Gasteiger partial charge in [-0.25, -0.2) is 9.78 Å². The summed E-state index contributed by atoms with van der Waals surface area (Å²) in [7, 11) is 1.57. The van der Waals surface area contributed by atoms with E-state index in [1.807, 2.05) is 42.1 Å². The number of pyridine rings is 1. The van der Waals surface area contributed by atoms with Gasteiger partial charge in [0.2, 0.25) is 0 Å². The molecular weight excluding hydrogens is 450 g/mol. The molecule has 1 saturated heterocycles.